The van der Waals surface area contributed by atoms with Gasteiger partial charge in [-0.25, -0.2) is 0 Å². The molecule has 0 saturated heterocycles. The number of ether oxygens (including phenoxy) is 1. The summed E-state index contributed by atoms with van der Waals surface area (Å²) in [4.78, 5) is 0. The third-order valence-corrected chi connectivity index (χ3v) is 4.14. The van der Waals surface area contributed by atoms with Gasteiger partial charge in [-0.1, -0.05) is 41.2 Å². The standard InChI is InChI=1S/C16H26F6O2/c1-7-13(5,6)11(4)24-12(8-10(2)3)9-14(23,15(17,18)19)16(20,21)22/h10,12,23H,4,7-9H2,1-3,5-6H3. The molecule has 0 aliphatic rings. The van der Waals surface area contributed by atoms with Crippen LogP contribution in [-0.2, 0) is 4.74 Å². The zero-order valence-electron chi connectivity index (χ0n) is 14.6. The molecule has 0 radical (unpaired) electrons. The molecule has 1 unspecified atom stereocenters. The first-order valence-corrected chi connectivity index (χ1v) is 7.69. The average Bonchev–Trinajstić information content (AvgIpc) is 2.34. The van der Waals surface area contributed by atoms with E-state index in [-0.39, 0.29) is 18.1 Å². The Kier molecular flexibility index (Phi) is 7.25. The molecule has 0 aromatic rings. The van der Waals surface area contributed by atoms with E-state index in [1.165, 1.54) is 0 Å². The highest BCUT2D eigenvalue weighted by atomic mass is 19.4. The predicted octanol–water partition coefficient (Wildman–Crippen LogP) is 5.61. The molecule has 0 heterocycles. The third kappa shape index (κ3) is 5.57. The van der Waals surface area contributed by atoms with Crippen molar-refractivity contribution in [1.82, 2.24) is 0 Å². The Bertz CT molecular complexity index is 409. The first kappa shape index (κ1) is 23.1. The summed E-state index contributed by atoms with van der Waals surface area (Å²) in [5.74, 6) is -0.124. The van der Waals surface area contributed by atoms with Crippen molar-refractivity contribution >= 4 is 0 Å². The minimum absolute atomic E-state index is 0.0761. The van der Waals surface area contributed by atoms with Gasteiger partial charge in [0.1, 0.15) is 6.10 Å². The van der Waals surface area contributed by atoms with E-state index in [0.717, 1.165) is 0 Å². The molecule has 1 atom stereocenters. The van der Waals surface area contributed by atoms with E-state index in [4.69, 9.17) is 4.74 Å². The molecule has 0 aromatic carbocycles. The predicted molar refractivity (Wildman–Crippen MR) is 79.2 cm³/mol. The molecule has 0 aliphatic carbocycles. The number of halogens is 6. The SMILES string of the molecule is C=C(OC(CC(C)C)CC(O)(C(F)(F)F)C(F)(F)F)C(C)(C)CC. The molecule has 1 N–H and O–H groups in total. The summed E-state index contributed by atoms with van der Waals surface area (Å²) < 4.78 is 82.7. The Hall–Kier alpha value is -0.920. The molecule has 0 amide bonds. The number of allylic oxidation sites excluding steroid dienone is 1. The van der Waals surface area contributed by atoms with E-state index in [9.17, 15) is 31.4 Å². The van der Waals surface area contributed by atoms with Gasteiger partial charge in [-0.3, -0.25) is 0 Å². The van der Waals surface area contributed by atoms with Crippen LogP contribution in [0, 0.1) is 11.3 Å². The van der Waals surface area contributed by atoms with E-state index >= 15 is 0 Å². The minimum atomic E-state index is -5.86. The summed E-state index contributed by atoms with van der Waals surface area (Å²) >= 11 is 0. The molecule has 0 saturated carbocycles. The fraction of sp³-hybridized carbons (Fsp3) is 0.875. The molecule has 0 aliphatic heterocycles. The fourth-order valence-corrected chi connectivity index (χ4v) is 1.98. The van der Waals surface area contributed by atoms with Crippen molar-refractivity contribution in [3.8, 4) is 0 Å². The first-order valence-electron chi connectivity index (χ1n) is 7.69. The Morgan fingerprint density at radius 1 is 1.04 bits per heavy atom. The number of alkyl halides is 6. The number of aliphatic hydroxyl groups is 1. The molecule has 0 spiro atoms. The summed E-state index contributed by atoms with van der Waals surface area (Å²) in [6, 6.07) is 0. The maximum atomic E-state index is 12.9. The van der Waals surface area contributed by atoms with Crippen molar-refractivity contribution in [3.05, 3.63) is 12.3 Å². The fourth-order valence-electron chi connectivity index (χ4n) is 1.98. The molecule has 8 heteroatoms. The zero-order chi connectivity index (χ0) is 19.6. The van der Waals surface area contributed by atoms with Gasteiger partial charge < -0.3 is 9.84 Å². The van der Waals surface area contributed by atoms with Gasteiger partial charge in [-0.05, 0) is 18.8 Å². The second-order valence-corrected chi connectivity index (χ2v) is 7.09. The van der Waals surface area contributed by atoms with Crippen molar-refractivity contribution < 1.29 is 36.2 Å². The monoisotopic (exact) mass is 364 g/mol. The van der Waals surface area contributed by atoms with E-state index in [2.05, 4.69) is 6.58 Å². The van der Waals surface area contributed by atoms with Crippen LogP contribution in [0.3, 0.4) is 0 Å². The van der Waals surface area contributed by atoms with Gasteiger partial charge in [0.2, 0.25) is 0 Å². The Morgan fingerprint density at radius 3 is 1.75 bits per heavy atom. The summed E-state index contributed by atoms with van der Waals surface area (Å²) in [7, 11) is 0. The Labute approximate surface area is 138 Å². The molecule has 0 bridgehead atoms. The number of rotatable bonds is 8. The molecule has 0 fully saturated rings. The highest BCUT2D eigenvalue weighted by molar-refractivity contribution is 5.01. The van der Waals surface area contributed by atoms with Crippen LogP contribution >= 0.6 is 0 Å². The summed E-state index contributed by atoms with van der Waals surface area (Å²) in [5.41, 5.74) is -5.43. The van der Waals surface area contributed by atoms with Gasteiger partial charge in [0.25, 0.3) is 5.60 Å². The number of hydrogen-bond acceptors (Lipinski definition) is 2. The van der Waals surface area contributed by atoms with Crippen molar-refractivity contribution in [1.29, 1.82) is 0 Å². The smallest absolute Gasteiger partial charge is 0.426 e. The highest BCUT2D eigenvalue weighted by Crippen LogP contribution is 2.47. The van der Waals surface area contributed by atoms with Crippen LogP contribution in [0.2, 0.25) is 0 Å². The second-order valence-electron chi connectivity index (χ2n) is 7.09. The largest absolute Gasteiger partial charge is 0.495 e. The normalized spacial score (nSPS) is 15.5. The zero-order valence-corrected chi connectivity index (χ0v) is 14.6. The molecule has 2 nitrogen and oxygen atoms in total. The second kappa shape index (κ2) is 7.54. The van der Waals surface area contributed by atoms with Crippen LogP contribution in [0.15, 0.2) is 12.3 Å². The van der Waals surface area contributed by atoms with Crippen molar-refractivity contribution in [2.45, 2.75) is 77.9 Å². The Balaban J connectivity index is 5.58. The average molecular weight is 364 g/mol. The number of hydrogen-bond donors (Lipinski definition) is 1. The van der Waals surface area contributed by atoms with Gasteiger partial charge in [-0.2, -0.15) is 26.3 Å². The van der Waals surface area contributed by atoms with Crippen LogP contribution in [0.1, 0.15) is 53.9 Å². The maximum Gasteiger partial charge on any atom is 0.426 e. The molecular weight excluding hydrogens is 338 g/mol. The van der Waals surface area contributed by atoms with Crippen LogP contribution in [0.5, 0.6) is 0 Å². The first-order chi connectivity index (χ1) is 10.5. The van der Waals surface area contributed by atoms with Gasteiger partial charge in [-0.15, -0.1) is 0 Å². The molecular formula is C16H26F6O2. The van der Waals surface area contributed by atoms with Gasteiger partial charge in [0.15, 0.2) is 0 Å². The molecule has 24 heavy (non-hydrogen) atoms. The lowest BCUT2D eigenvalue weighted by molar-refractivity contribution is -0.374. The lowest BCUT2D eigenvalue weighted by Crippen LogP contribution is -2.58. The van der Waals surface area contributed by atoms with E-state index in [1.807, 2.05) is 0 Å². The van der Waals surface area contributed by atoms with E-state index in [1.54, 1.807) is 34.6 Å². The van der Waals surface area contributed by atoms with Crippen LogP contribution in [-0.4, -0.2) is 29.2 Å². The van der Waals surface area contributed by atoms with Crippen molar-refractivity contribution in [3.63, 3.8) is 0 Å². The lowest BCUT2D eigenvalue weighted by Gasteiger charge is -2.37. The van der Waals surface area contributed by atoms with E-state index in [0.29, 0.717) is 6.42 Å². The van der Waals surface area contributed by atoms with Crippen LogP contribution in [0.25, 0.3) is 0 Å². The van der Waals surface area contributed by atoms with E-state index < -0.39 is 35.9 Å². The highest BCUT2D eigenvalue weighted by Gasteiger charge is 2.70. The molecule has 0 rings (SSSR count). The van der Waals surface area contributed by atoms with Crippen molar-refractivity contribution in [2.75, 3.05) is 0 Å². The maximum absolute atomic E-state index is 12.9. The van der Waals surface area contributed by atoms with Crippen LogP contribution < -0.4 is 0 Å². The quantitative estimate of drug-likeness (QED) is 0.448. The van der Waals surface area contributed by atoms with Crippen LogP contribution in [0.4, 0.5) is 26.3 Å². The third-order valence-electron chi connectivity index (χ3n) is 4.14. The molecule has 0 aromatic heterocycles. The topological polar surface area (TPSA) is 29.5 Å². The van der Waals surface area contributed by atoms with Gasteiger partial charge in [0, 0.05) is 11.8 Å². The summed E-state index contributed by atoms with van der Waals surface area (Å²) in [5, 5.41) is 9.38. The Morgan fingerprint density at radius 2 is 1.46 bits per heavy atom. The summed E-state index contributed by atoms with van der Waals surface area (Å²) in [6.45, 7) is 12.2. The molecule has 144 valence electrons. The lowest BCUT2D eigenvalue weighted by atomic mass is 9.87. The summed E-state index contributed by atoms with van der Waals surface area (Å²) in [6.07, 6.45) is -14.3. The van der Waals surface area contributed by atoms with Crippen molar-refractivity contribution in [2.24, 2.45) is 11.3 Å². The minimum Gasteiger partial charge on any atom is -0.495 e. The van der Waals surface area contributed by atoms with Gasteiger partial charge in [0.05, 0.1) is 5.76 Å². The van der Waals surface area contributed by atoms with Gasteiger partial charge >= 0.3 is 12.4 Å².